The minimum Gasteiger partial charge on any atom is -0.480 e. The molecular formula is C10H15N3O4. The van der Waals surface area contributed by atoms with Gasteiger partial charge in [-0.1, -0.05) is 0 Å². The number of amides is 1. The average Bonchev–Trinajstić information content (AvgIpc) is 2.64. The minimum absolute atomic E-state index is 0.243. The summed E-state index contributed by atoms with van der Waals surface area (Å²) in [6.45, 7) is -0.264. The van der Waals surface area contributed by atoms with Crippen LogP contribution in [0.1, 0.15) is 5.82 Å². The SMILES string of the molecule is Cn1ccnc1CCNC(=O)COCC(=O)O. The lowest BCUT2D eigenvalue weighted by atomic mass is 10.4. The van der Waals surface area contributed by atoms with Crippen molar-refractivity contribution in [2.75, 3.05) is 19.8 Å². The maximum absolute atomic E-state index is 11.2. The van der Waals surface area contributed by atoms with E-state index in [1.54, 1.807) is 6.20 Å². The molecule has 0 bridgehead atoms. The minimum atomic E-state index is -1.09. The maximum atomic E-state index is 11.2. The quantitative estimate of drug-likeness (QED) is 0.650. The van der Waals surface area contributed by atoms with Gasteiger partial charge in [-0.2, -0.15) is 0 Å². The predicted molar refractivity (Wildman–Crippen MR) is 58.4 cm³/mol. The van der Waals surface area contributed by atoms with Crippen molar-refractivity contribution in [2.24, 2.45) is 7.05 Å². The Labute approximate surface area is 98.4 Å². The lowest BCUT2D eigenvalue weighted by Gasteiger charge is -2.05. The predicted octanol–water partition coefficient (Wildman–Crippen LogP) is -0.820. The molecule has 0 radical (unpaired) electrons. The summed E-state index contributed by atoms with van der Waals surface area (Å²) in [7, 11) is 1.88. The zero-order valence-corrected chi connectivity index (χ0v) is 9.55. The number of nitrogens with zero attached hydrogens (tertiary/aromatic N) is 2. The molecule has 0 atom stereocenters. The van der Waals surface area contributed by atoms with E-state index in [0.717, 1.165) is 5.82 Å². The van der Waals surface area contributed by atoms with E-state index in [2.05, 4.69) is 15.0 Å². The molecule has 0 aliphatic carbocycles. The molecule has 1 aromatic heterocycles. The molecule has 1 rings (SSSR count). The Hall–Kier alpha value is -1.89. The smallest absolute Gasteiger partial charge is 0.329 e. The summed E-state index contributed by atoms with van der Waals surface area (Å²) in [5.41, 5.74) is 0. The fraction of sp³-hybridized carbons (Fsp3) is 0.500. The van der Waals surface area contributed by atoms with Gasteiger partial charge < -0.3 is 19.7 Å². The Morgan fingerprint density at radius 2 is 2.29 bits per heavy atom. The van der Waals surface area contributed by atoms with Crippen LogP contribution in [0.25, 0.3) is 0 Å². The van der Waals surface area contributed by atoms with Gasteiger partial charge in [-0.25, -0.2) is 9.78 Å². The van der Waals surface area contributed by atoms with Crippen molar-refractivity contribution in [3.05, 3.63) is 18.2 Å². The molecule has 0 spiro atoms. The number of aliphatic carboxylic acids is 1. The molecule has 1 aromatic rings. The van der Waals surface area contributed by atoms with Gasteiger partial charge in [-0.05, 0) is 0 Å². The normalized spacial score (nSPS) is 10.2. The number of imidazole rings is 1. The van der Waals surface area contributed by atoms with Crippen molar-refractivity contribution >= 4 is 11.9 Å². The number of carboxylic acids is 1. The van der Waals surface area contributed by atoms with Crippen LogP contribution < -0.4 is 5.32 Å². The molecule has 0 fully saturated rings. The largest absolute Gasteiger partial charge is 0.480 e. The monoisotopic (exact) mass is 241 g/mol. The molecule has 7 heteroatoms. The number of nitrogens with one attached hydrogen (secondary N) is 1. The third-order valence-electron chi connectivity index (χ3n) is 2.05. The Kier molecular flexibility index (Phi) is 5.15. The van der Waals surface area contributed by atoms with Crippen LogP contribution in [0.5, 0.6) is 0 Å². The van der Waals surface area contributed by atoms with Crippen LogP contribution in [0.2, 0.25) is 0 Å². The summed E-state index contributed by atoms with van der Waals surface area (Å²) in [6.07, 6.45) is 4.13. The number of hydrogen-bond acceptors (Lipinski definition) is 4. The zero-order chi connectivity index (χ0) is 12.7. The van der Waals surface area contributed by atoms with Gasteiger partial charge in [0.15, 0.2) is 0 Å². The summed E-state index contributed by atoms with van der Waals surface area (Å²) < 4.78 is 6.50. The van der Waals surface area contributed by atoms with Crippen LogP contribution in [0.15, 0.2) is 12.4 Å². The Balaban J connectivity index is 2.12. The molecule has 0 aliphatic rings. The van der Waals surface area contributed by atoms with Gasteiger partial charge in [0.25, 0.3) is 0 Å². The maximum Gasteiger partial charge on any atom is 0.329 e. The molecule has 0 unspecified atom stereocenters. The summed E-state index contributed by atoms with van der Waals surface area (Å²) in [4.78, 5) is 25.4. The van der Waals surface area contributed by atoms with Crippen LogP contribution in [-0.4, -0.2) is 46.3 Å². The molecule has 1 amide bonds. The first-order valence-corrected chi connectivity index (χ1v) is 5.12. The van der Waals surface area contributed by atoms with E-state index in [1.807, 2.05) is 17.8 Å². The van der Waals surface area contributed by atoms with Crippen molar-refractivity contribution in [1.29, 1.82) is 0 Å². The molecule has 0 aliphatic heterocycles. The number of carboxylic acid groups (broad SMARTS) is 1. The summed E-state index contributed by atoms with van der Waals surface area (Å²) in [5, 5.41) is 10.9. The number of carbonyl (C=O) groups is 2. The molecule has 0 saturated carbocycles. The number of carbonyl (C=O) groups excluding carboxylic acids is 1. The highest BCUT2D eigenvalue weighted by atomic mass is 16.5. The molecule has 0 aromatic carbocycles. The highest BCUT2D eigenvalue weighted by Gasteiger charge is 2.04. The first kappa shape index (κ1) is 13.2. The first-order chi connectivity index (χ1) is 8.09. The average molecular weight is 241 g/mol. The number of ether oxygens (including phenoxy) is 1. The Morgan fingerprint density at radius 3 is 2.88 bits per heavy atom. The number of aryl methyl sites for hydroxylation is 1. The molecular weight excluding hydrogens is 226 g/mol. The van der Waals surface area contributed by atoms with Gasteiger partial charge in [-0.15, -0.1) is 0 Å². The van der Waals surface area contributed by atoms with Gasteiger partial charge >= 0.3 is 5.97 Å². The van der Waals surface area contributed by atoms with Crippen LogP contribution in [0, 0.1) is 0 Å². The van der Waals surface area contributed by atoms with E-state index in [-0.39, 0.29) is 12.5 Å². The lowest BCUT2D eigenvalue weighted by molar-refractivity contribution is -0.143. The van der Waals surface area contributed by atoms with Crippen molar-refractivity contribution in [1.82, 2.24) is 14.9 Å². The highest BCUT2D eigenvalue weighted by Crippen LogP contribution is 1.93. The molecule has 0 saturated heterocycles. The van der Waals surface area contributed by atoms with Crippen LogP contribution in [-0.2, 0) is 27.8 Å². The van der Waals surface area contributed by atoms with E-state index in [4.69, 9.17) is 5.11 Å². The van der Waals surface area contributed by atoms with Gasteiger partial charge in [0, 0.05) is 32.4 Å². The van der Waals surface area contributed by atoms with Crippen molar-refractivity contribution in [2.45, 2.75) is 6.42 Å². The summed E-state index contributed by atoms with van der Waals surface area (Å²) in [5.74, 6) is -0.553. The number of rotatable bonds is 7. The van der Waals surface area contributed by atoms with Crippen LogP contribution in [0.3, 0.4) is 0 Å². The summed E-state index contributed by atoms with van der Waals surface area (Å²) in [6, 6.07) is 0. The molecule has 17 heavy (non-hydrogen) atoms. The number of aromatic nitrogens is 2. The van der Waals surface area contributed by atoms with E-state index in [1.165, 1.54) is 0 Å². The number of hydrogen-bond donors (Lipinski definition) is 2. The van der Waals surface area contributed by atoms with Crippen molar-refractivity contribution < 1.29 is 19.4 Å². The van der Waals surface area contributed by atoms with Crippen LogP contribution >= 0.6 is 0 Å². The molecule has 1 heterocycles. The zero-order valence-electron chi connectivity index (χ0n) is 9.55. The first-order valence-electron chi connectivity index (χ1n) is 5.12. The van der Waals surface area contributed by atoms with E-state index >= 15 is 0 Å². The second-order valence-corrected chi connectivity index (χ2v) is 3.44. The molecule has 7 nitrogen and oxygen atoms in total. The van der Waals surface area contributed by atoms with Gasteiger partial charge in [-0.3, -0.25) is 4.79 Å². The third-order valence-corrected chi connectivity index (χ3v) is 2.05. The van der Waals surface area contributed by atoms with E-state index < -0.39 is 12.6 Å². The molecule has 94 valence electrons. The Morgan fingerprint density at radius 1 is 1.53 bits per heavy atom. The van der Waals surface area contributed by atoms with Gasteiger partial charge in [0.1, 0.15) is 19.0 Å². The standard InChI is InChI=1S/C10H15N3O4/c1-13-5-4-11-8(13)2-3-12-9(14)6-17-7-10(15)16/h4-5H,2-3,6-7H2,1H3,(H,12,14)(H,15,16). The topological polar surface area (TPSA) is 93.5 Å². The fourth-order valence-corrected chi connectivity index (χ4v) is 1.23. The third kappa shape index (κ3) is 5.12. The van der Waals surface area contributed by atoms with Crippen molar-refractivity contribution in [3.8, 4) is 0 Å². The van der Waals surface area contributed by atoms with E-state index in [9.17, 15) is 9.59 Å². The highest BCUT2D eigenvalue weighted by molar-refractivity contribution is 5.77. The van der Waals surface area contributed by atoms with E-state index in [0.29, 0.717) is 13.0 Å². The lowest BCUT2D eigenvalue weighted by Crippen LogP contribution is -2.30. The summed E-state index contributed by atoms with van der Waals surface area (Å²) >= 11 is 0. The molecule has 2 N–H and O–H groups in total. The second kappa shape index (κ2) is 6.64. The van der Waals surface area contributed by atoms with Crippen LogP contribution in [0.4, 0.5) is 0 Å². The van der Waals surface area contributed by atoms with Gasteiger partial charge in [0.2, 0.25) is 5.91 Å². The van der Waals surface area contributed by atoms with Crippen molar-refractivity contribution in [3.63, 3.8) is 0 Å². The Bertz CT molecular complexity index is 389. The fourth-order valence-electron chi connectivity index (χ4n) is 1.23. The van der Waals surface area contributed by atoms with Gasteiger partial charge in [0.05, 0.1) is 0 Å². The second-order valence-electron chi connectivity index (χ2n) is 3.44.